The highest BCUT2D eigenvalue weighted by atomic mass is 32.1. The number of thiophene rings is 1. The highest BCUT2D eigenvalue weighted by Gasteiger charge is 2.22. The van der Waals surface area contributed by atoms with Crippen LogP contribution in [0, 0.1) is 13.8 Å². The zero-order valence-corrected chi connectivity index (χ0v) is 12.2. The van der Waals surface area contributed by atoms with Crippen molar-refractivity contribution in [2.45, 2.75) is 13.8 Å². The van der Waals surface area contributed by atoms with Crippen molar-refractivity contribution in [2.24, 2.45) is 5.73 Å². The van der Waals surface area contributed by atoms with Crippen molar-refractivity contribution in [3.8, 4) is 11.5 Å². The van der Waals surface area contributed by atoms with Crippen molar-refractivity contribution in [2.75, 3.05) is 11.5 Å². The summed E-state index contributed by atoms with van der Waals surface area (Å²) in [7, 11) is 0. The van der Waals surface area contributed by atoms with Crippen LogP contribution in [0.2, 0.25) is 0 Å². The SMILES string of the molecule is Cc1cc(-c2nc(N)nc3sc(C(N)=O)c(N)c23)oc1C. The molecule has 0 aliphatic rings. The Bertz CT molecular complexity index is 861. The number of nitrogens with two attached hydrogens (primary N) is 3. The smallest absolute Gasteiger partial charge is 0.260 e. The molecule has 0 atom stereocenters. The Morgan fingerprint density at radius 2 is 2.00 bits per heavy atom. The number of amides is 1. The summed E-state index contributed by atoms with van der Waals surface area (Å²) in [6, 6.07) is 1.84. The topological polar surface area (TPSA) is 134 Å². The first kappa shape index (κ1) is 13.4. The summed E-state index contributed by atoms with van der Waals surface area (Å²) in [5, 5.41) is 0.539. The molecule has 21 heavy (non-hydrogen) atoms. The Morgan fingerprint density at radius 1 is 1.29 bits per heavy atom. The molecule has 3 aromatic heterocycles. The number of aryl methyl sites for hydroxylation is 2. The first-order chi connectivity index (χ1) is 9.88. The fourth-order valence-corrected chi connectivity index (χ4v) is 3.04. The number of rotatable bonds is 2. The number of furan rings is 1. The van der Waals surface area contributed by atoms with E-state index in [0.29, 0.717) is 21.7 Å². The van der Waals surface area contributed by atoms with Crippen LogP contribution in [-0.2, 0) is 0 Å². The Morgan fingerprint density at radius 3 is 2.57 bits per heavy atom. The summed E-state index contributed by atoms with van der Waals surface area (Å²) in [6.07, 6.45) is 0. The molecule has 0 saturated heterocycles. The standard InChI is InChI=1S/C13H13N5O2S/c1-4-3-6(20-5(4)2)9-7-8(14)10(11(15)19)21-12(7)18-13(16)17-9/h3H,14H2,1-2H3,(H2,15,19)(H2,16,17,18). The molecule has 1 amide bonds. The van der Waals surface area contributed by atoms with Crippen LogP contribution >= 0.6 is 11.3 Å². The van der Waals surface area contributed by atoms with Crippen LogP contribution in [0.4, 0.5) is 11.6 Å². The Kier molecular flexibility index (Phi) is 2.84. The number of carbonyl (C=O) groups excluding carboxylic acids is 1. The van der Waals surface area contributed by atoms with Gasteiger partial charge in [-0.25, -0.2) is 9.97 Å². The Balaban J connectivity index is 2.38. The first-order valence-electron chi connectivity index (χ1n) is 6.11. The van der Waals surface area contributed by atoms with Crippen molar-refractivity contribution in [3.63, 3.8) is 0 Å². The molecule has 0 bridgehead atoms. The molecule has 0 aliphatic heterocycles. The molecule has 0 aromatic carbocycles. The van der Waals surface area contributed by atoms with E-state index in [0.717, 1.165) is 22.7 Å². The van der Waals surface area contributed by atoms with Gasteiger partial charge in [-0.1, -0.05) is 0 Å². The third kappa shape index (κ3) is 2.00. The number of carbonyl (C=O) groups is 1. The van der Waals surface area contributed by atoms with Crippen molar-refractivity contribution in [1.29, 1.82) is 0 Å². The molecule has 0 fully saturated rings. The van der Waals surface area contributed by atoms with Crippen LogP contribution in [0.3, 0.4) is 0 Å². The highest BCUT2D eigenvalue weighted by molar-refractivity contribution is 7.21. The van der Waals surface area contributed by atoms with E-state index in [1.165, 1.54) is 0 Å². The van der Waals surface area contributed by atoms with Crippen LogP contribution in [0.25, 0.3) is 21.7 Å². The fourth-order valence-electron chi connectivity index (χ4n) is 2.09. The molecule has 6 N–H and O–H groups in total. The maximum atomic E-state index is 11.4. The fraction of sp³-hybridized carbons (Fsp3) is 0.154. The molecule has 0 unspecified atom stereocenters. The second-order valence-corrected chi connectivity index (χ2v) is 5.67. The molecule has 0 spiro atoms. The lowest BCUT2D eigenvalue weighted by molar-refractivity contribution is 0.100. The van der Waals surface area contributed by atoms with E-state index in [9.17, 15) is 4.79 Å². The van der Waals surface area contributed by atoms with Crippen molar-refractivity contribution >= 4 is 39.1 Å². The average Bonchev–Trinajstić information content (AvgIpc) is 2.90. The number of anilines is 2. The van der Waals surface area contributed by atoms with Crippen LogP contribution in [0.15, 0.2) is 10.5 Å². The second-order valence-electron chi connectivity index (χ2n) is 4.67. The number of aromatic nitrogens is 2. The molecular weight excluding hydrogens is 290 g/mol. The van der Waals surface area contributed by atoms with Gasteiger partial charge in [0.05, 0.1) is 11.1 Å². The van der Waals surface area contributed by atoms with Gasteiger partial charge in [-0.3, -0.25) is 4.79 Å². The van der Waals surface area contributed by atoms with E-state index >= 15 is 0 Å². The van der Waals surface area contributed by atoms with Gasteiger partial charge in [0.2, 0.25) is 5.95 Å². The zero-order chi connectivity index (χ0) is 15.3. The van der Waals surface area contributed by atoms with Gasteiger partial charge >= 0.3 is 0 Å². The summed E-state index contributed by atoms with van der Waals surface area (Å²) in [4.78, 5) is 20.5. The van der Waals surface area contributed by atoms with Crippen LogP contribution in [0.5, 0.6) is 0 Å². The number of nitrogen functional groups attached to an aromatic ring is 2. The maximum absolute atomic E-state index is 11.4. The van der Waals surface area contributed by atoms with Gasteiger partial charge in [-0.15, -0.1) is 11.3 Å². The van der Waals surface area contributed by atoms with E-state index < -0.39 is 5.91 Å². The minimum absolute atomic E-state index is 0.0847. The van der Waals surface area contributed by atoms with Crippen molar-refractivity contribution in [1.82, 2.24) is 9.97 Å². The Labute approximate surface area is 123 Å². The third-order valence-corrected chi connectivity index (χ3v) is 4.34. The largest absolute Gasteiger partial charge is 0.459 e. The highest BCUT2D eigenvalue weighted by Crippen LogP contribution is 2.39. The molecule has 0 aliphatic carbocycles. The van der Waals surface area contributed by atoms with E-state index in [2.05, 4.69) is 9.97 Å². The van der Waals surface area contributed by atoms with Gasteiger partial charge < -0.3 is 21.6 Å². The number of nitrogens with zero attached hydrogens (tertiary/aromatic N) is 2. The summed E-state index contributed by atoms with van der Waals surface area (Å²) >= 11 is 1.09. The van der Waals surface area contributed by atoms with E-state index in [-0.39, 0.29) is 16.5 Å². The minimum atomic E-state index is -0.605. The number of hydrogen-bond acceptors (Lipinski definition) is 7. The summed E-state index contributed by atoms with van der Waals surface area (Å²) in [6.45, 7) is 3.78. The monoisotopic (exact) mass is 303 g/mol. The predicted octanol–water partition coefficient (Wildman–Crippen LogP) is 1.83. The quantitative estimate of drug-likeness (QED) is 0.661. The molecule has 0 saturated carbocycles. The van der Waals surface area contributed by atoms with Crippen molar-refractivity contribution < 1.29 is 9.21 Å². The van der Waals surface area contributed by atoms with Gasteiger partial charge in [-0.05, 0) is 25.5 Å². The molecule has 3 heterocycles. The lowest BCUT2D eigenvalue weighted by Crippen LogP contribution is -2.10. The molecule has 8 heteroatoms. The van der Waals surface area contributed by atoms with Gasteiger partial charge in [0.25, 0.3) is 5.91 Å². The number of hydrogen-bond donors (Lipinski definition) is 3. The lowest BCUT2D eigenvalue weighted by Gasteiger charge is -2.02. The molecular formula is C13H13N5O2S. The first-order valence-corrected chi connectivity index (χ1v) is 6.92. The van der Waals surface area contributed by atoms with Crippen LogP contribution in [0.1, 0.15) is 21.0 Å². The van der Waals surface area contributed by atoms with E-state index in [1.54, 1.807) is 0 Å². The molecule has 0 radical (unpaired) electrons. The molecule has 7 nitrogen and oxygen atoms in total. The molecule has 3 aromatic rings. The third-order valence-electron chi connectivity index (χ3n) is 3.23. The van der Waals surface area contributed by atoms with Crippen LogP contribution in [-0.4, -0.2) is 15.9 Å². The van der Waals surface area contributed by atoms with Gasteiger partial charge in [0.1, 0.15) is 21.2 Å². The molecule has 108 valence electrons. The predicted molar refractivity (Wildman–Crippen MR) is 81.9 cm³/mol. The van der Waals surface area contributed by atoms with Gasteiger partial charge in [0, 0.05) is 0 Å². The van der Waals surface area contributed by atoms with E-state index in [1.807, 2.05) is 19.9 Å². The summed E-state index contributed by atoms with van der Waals surface area (Å²) < 4.78 is 5.68. The summed E-state index contributed by atoms with van der Waals surface area (Å²) in [5.74, 6) is 0.789. The van der Waals surface area contributed by atoms with E-state index in [4.69, 9.17) is 21.6 Å². The summed E-state index contributed by atoms with van der Waals surface area (Å²) in [5.41, 5.74) is 18.8. The van der Waals surface area contributed by atoms with Gasteiger partial charge in [0.15, 0.2) is 5.76 Å². The maximum Gasteiger partial charge on any atom is 0.260 e. The minimum Gasteiger partial charge on any atom is -0.459 e. The second kappa shape index (κ2) is 4.45. The lowest BCUT2D eigenvalue weighted by atomic mass is 10.1. The normalized spacial score (nSPS) is 11.1. The van der Waals surface area contributed by atoms with Gasteiger partial charge in [-0.2, -0.15) is 0 Å². The Hall–Kier alpha value is -2.61. The number of primary amides is 1. The number of fused-ring (bicyclic) bond motifs is 1. The average molecular weight is 303 g/mol. The van der Waals surface area contributed by atoms with Crippen molar-refractivity contribution in [3.05, 3.63) is 22.3 Å². The van der Waals surface area contributed by atoms with Crippen LogP contribution < -0.4 is 17.2 Å². The zero-order valence-electron chi connectivity index (χ0n) is 11.4. The molecule has 3 rings (SSSR count).